The van der Waals surface area contributed by atoms with Crippen molar-refractivity contribution in [3.8, 4) is 5.75 Å². The monoisotopic (exact) mass is 609 g/mol. The van der Waals surface area contributed by atoms with Crippen molar-refractivity contribution >= 4 is 28.6 Å². The van der Waals surface area contributed by atoms with Crippen molar-refractivity contribution in [3.63, 3.8) is 0 Å². The standard InChI is InChI=1S/C31H30F3N5O5/c1-18-5-6-20(25(32)9-18)17-43-23-4-2-3-19(11-23)29(41)37-15-28(40)39-16-24(44-31(33)34)12-27(39)30(42)36-14-22-10-21-13-35-8-7-26(21)38-22/h2-11,13,24,27,31,38H,12,14-17H2,1H3,(H,36,42)(H,37,41)/t24-,27+/m1/s1. The highest BCUT2D eigenvalue weighted by Gasteiger charge is 2.41. The first kappa shape index (κ1) is 30.5. The Morgan fingerprint density at radius 1 is 1.11 bits per heavy atom. The number of nitrogens with one attached hydrogen (secondary N) is 3. The number of aromatic nitrogens is 2. The van der Waals surface area contributed by atoms with Gasteiger partial charge in [0.2, 0.25) is 11.8 Å². The number of aromatic amines is 1. The number of amides is 3. The quantitative estimate of drug-likeness (QED) is 0.237. The SMILES string of the molecule is Cc1ccc(COc2cccc(C(=O)NCC(=O)N3C[C@H](OC(F)F)C[C@H]3C(=O)NCc3cc4cnccc4[nH]3)c2)c(F)c1. The normalized spacial score (nSPS) is 16.3. The van der Waals surface area contributed by atoms with Crippen LogP contribution in [0.5, 0.6) is 5.75 Å². The van der Waals surface area contributed by atoms with E-state index in [2.05, 4.69) is 25.3 Å². The highest BCUT2D eigenvalue weighted by Crippen LogP contribution is 2.23. The van der Waals surface area contributed by atoms with Gasteiger partial charge in [0.15, 0.2) is 0 Å². The van der Waals surface area contributed by atoms with Crippen molar-refractivity contribution in [2.75, 3.05) is 13.1 Å². The molecule has 2 aromatic carbocycles. The van der Waals surface area contributed by atoms with E-state index in [1.54, 1.807) is 49.6 Å². The van der Waals surface area contributed by atoms with Crippen LogP contribution in [0.1, 0.15) is 33.6 Å². The molecular formula is C31H30F3N5O5. The van der Waals surface area contributed by atoms with Gasteiger partial charge >= 0.3 is 6.61 Å². The summed E-state index contributed by atoms with van der Waals surface area (Å²) >= 11 is 0. The van der Waals surface area contributed by atoms with E-state index >= 15 is 0 Å². The predicted octanol–water partition coefficient (Wildman–Crippen LogP) is 3.84. The Bertz CT molecular complexity index is 1630. The molecule has 44 heavy (non-hydrogen) atoms. The number of carbonyl (C=O) groups is 3. The molecule has 3 heterocycles. The number of benzene rings is 2. The summed E-state index contributed by atoms with van der Waals surface area (Å²) < 4.78 is 50.3. The Morgan fingerprint density at radius 3 is 2.73 bits per heavy atom. The number of hydrogen-bond acceptors (Lipinski definition) is 6. The van der Waals surface area contributed by atoms with Crippen LogP contribution in [0.4, 0.5) is 13.2 Å². The number of alkyl halides is 2. The van der Waals surface area contributed by atoms with E-state index in [-0.39, 0.29) is 31.7 Å². The Morgan fingerprint density at radius 2 is 1.95 bits per heavy atom. The van der Waals surface area contributed by atoms with Crippen LogP contribution in [0.25, 0.3) is 10.9 Å². The molecule has 0 radical (unpaired) electrons. The van der Waals surface area contributed by atoms with Gasteiger partial charge < -0.3 is 30.0 Å². The van der Waals surface area contributed by atoms with E-state index in [1.165, 1.54) is 18.2 Å². The molecule has 4 aromatic rings. The van der Waals surface area contributed by atoms with Crippen molar-refractivity contribution in [3.05, 3.63) is 95.2 Å². The minimum absolute atomic E-state index is 0.0482. The molecule has 0 unspecified atom stereocenters. The molecule has 0 aliphatic carbocycles. The summed E-state index contributed by atoms with van der Waals surface area (Å²) in [6.07, 6.45) is 2.11. The largest absolute Gasteiger partial charge is 0.489 e. The van der Waals surface area contributed by atoms with Gasteiger partial charge in [-0.25, -0.2) is 4.39 Å². The van der Waals surface area contributed by atoms with Crippen LogP contribution >= 0.6 is 0 Å². The van der Waals surface area contributed by atoms with Gasteiger partial charge in [-0.3, -0.25) is 19.4 Å². The fourth-order valence-corrected chi connectivity index (χ4v) is 5.01. The molecular weight excluding hydrogens is 579 g/mol. The lowest BCUT2D eigenvalue weighted by Gasteiger charge is -2.24. The molecule has 0 saturated carbocycles. The minimum Gasteiger partial charge on any atom is -0.489 e. The molecule has 13 heteroatoms. The number of likely N-dealkylation sites (tertiary alicyclic amines) is 1. The fourth-order valence-electron chi connectivity index (χ4n) is 5.01. The maximum atomic E-state index is 14.1. The van der Waals surface area contributed by atoms with E-state index in [0.717, 1.165) is 21.4 Å². The second kappa shape index (κ2) is 13.6. The zero-order valence-corrected chi connectivity index (χ0v) is 23.7. The van der Waals surface area contributed by atoms with Crippen LogP contribution in [0.3, 0.4) is 0 Å². The number of H-pyrrole nitrogens is 1. The summed E-state index contributed by atoms with van der Waals surface area (Å²) in [5, 5.41) is 6.09. The molecule has 0 bridgehead atoms. The second-order valence-electron chi connectivity index (χ2n) is 10.4. The van der Waals surface area contributed by atoms with Crippen LogP contribution in [-0.4, -0.2) is 64.4 Å². The third-order valence-electron chi connectivity index (χ3n) is 7.21. The first-order valence-electron chi connectivity index (χ1n) is 13.8. The number of rotatable bonds is 11. The van der Waals surface area contributed by atoms with Crippen LogP contribution in [0, 0.1) is 12.7 Å². The first-order valence-corrected chi connectivity index (χ1v) is 13.8. The van der Waals surface area contributed by atoms with Gasteiger partial charge in [-0.2, -0.15) is 8.78 Å². The average Bonchev–Trinajstić information content (AvgIpc) is 3.62. The lowest BCUT2D eigenvalue weighted by atomic mass is 10.1. The van der Waals surface area contributed by atoms with Gasteiger partial charge in [-0.05, 0) is 48.9 Å². The van der Waals surface area contributed by atoms with E-state index in [4.69, 9.17) is 4.74 Å². The summed E-state index contributed by atoms with van der Waals surface area (Å²) in [6.45, 7) is -1.96. The summed E-state index contributed by atoms with van der Waals surface area (Å²) in [7, 11) is 0. The van der Waals surface area contributed by atoms with E-state index < -0.39 is 48.8 Å². The molecule has 2 atom stereocenters. The predicted molar refractivity (Wildman–Crippen MR) is 153 cm³/mol. The van der Waals surface area contributed by atoms with Crippen molar-refractivity contribution < 1.29 is 37.0 Å². The molecule has 1 fully saturated rings. The maximum Gasteiger partial charge on any atom is 0.345 e. The van der Waals surface area contributed by atoms with Gasteiger partial charge in [0.05, 0.1) is 19.2 Å². The molecule has 1 saturated heterocycles. The van der Waals surface area contributed by atoms with Crippen LogP contribution in [0.15, 0.2) is 67.0 Å². The van der Waals surface area contributed by atoms with Gasteiger partial charge in [0, 0.05) is 53.1 Å². The summed E-state index contributed by atoms with van der Waals surface area (Å²) in [5.41, 5.74) is 2.84. The lowest BCUT2D eigenvalue weighted by Crippen LogP contribution is -2.49. The molecule has 1 aliphatic rings. The maximum absolute atomic E-state index is 14.1. The average molecular weight is 610 g/mol. The van der Waals surface area contributed by atoms with Gasteiger partial charge in [-0.15, -0.1) is 0 Å². The van der Waals surface area contributed by atoms with Gasteiger partial charge in [-0.1, -0.05) is 18.2 Å². The number of aryl methyl sites for hydroxylation is 1. The zero-order valence-electron chi connectivity index (χ0n) is 23.7. The van der Waals surface area contributed by atoms with E-state index in [9.17, 15) is 27.6 Å². The Labute approximate surface area is 250 Å². The number of hydrogen-bond donors (Lipinski definition) is 3. The van der Waals surface area contributed by atoms with E-state index in [1.807, 2.05) is 6.07 Å². The number of nitrogens with zero attached hydrogens (tertiary/aromatic N) is 2. The third-order valence-corrected chi connectivity index (χ3v) is 7.21. The van der Waals surface area contributed by atoms with Crippen molar-refractivity contribution in [2.24, 2.45) is 0 Å². The topological polar surface area (TPSA) is 126 Å². The van der Waals surface area contributed by atoms with Gasteiger partial charge in [0.25, 0.3) is 5.91 Å². The Kier molecular flexibility index (Phi) is 9.44. The molecule has 0 spiro atoms. The second-order valence-corrected chi connectivity index (χ2v) is 10.4. The zero-order chi connectivity index (χ0) is 31.2. The van der Waals surface area contributed by atoms with Crippen molar-refractivity contribution in [2.45, 2.75) is 45.3 Å². The highest BCUT2D eigenvalue weighted by molar-refractivity contribution is 5.97. The summed E-state index contributed by atoms with van der Waals surface area (Å²) in [5.74, 6) is -1.87. The minimum atomic E-state index is -3.07. The molecule has 230 valence electrons. The lowest BCUT2D eigenvalue weighted by molar-refractivity contribution is -0.160. The molecule has 3 amide bonds. The molecule has 10 nitrogen and oxygen atoms in total. The number of ether oxygens (including phenoxy) is 2. The third kappa shape index (κ3) is 7.53. The molecule has 5 rings (SSSR count). The number of pyridine rings is 1. The van der Waals surface area contributed by atoms with Crippen molar-refractivity contribution in [1.82, 2.24) is 25.5 Å². The number of halogens is 3. The summed E-state index contributed by atoms with van der Waals surface area (Å²) in [4.78, 5) is 47.4. The fraction of sp³-hybridized carbons (Fsp3) is 0.290. The highest BCUT2D eigenvalue weighted by atomic mass is 19.3. The van der Waals surface area contributed by atoms with Crippen LogP contribution < -0.4 is 15.4 Å². The molecule has 2 aromatic heterocycles. The van der Waals surface area contributed by atoms with Crippen LogP contribution in [-0.2, 0) is 27.5 Å². The smallest absolute Gasteiger partial charge is 0.345 e. The molecule has 3 N–H and O–H groups in total. The van der Waals surface area contributed by atoms with Gasteiger partial charge in [0.1, 0.15) is 24.2 Å². The molecule has 1 aliphatic heterocycles. The first-order chi connectivity index (χ1) is 21.2. The summed E-state index contributed by atoms with van der Waals surface area (Å²) in [6, 6.07) is 13.5. The number of fused-ring (bicyclic) bond motifs is 1. The van der Waals surface area contributed by atoms with Crippen LogP contribution in [0.2, 0.25) is 0 Å². The van der Waals surface area contributed by atoms with Crippen molar-refractivity contribution in [1.29, 1.82) is 0 Å². The Balaban J connectivity index is 1.18. The van der Waals surface area contributed by atoms with E-state index in [0.29, 0.717) is 17.0 Å². The number of carbonyl (C=O) groups excluding carboxylic acids is 3. The Hall–Kier alpha value is -4.91.